The van der Waals surface area contributed by atoms with E-state index in [9.17, 15) is 0 Å². The molecule has 2 heteroatoms. The molecule has 0 bridgehead atoms. The highest BCUT2D eigenvalue weighted by molar-refractivity contribution is 4.74. The van der Waals surface area contributed by atoms with Gasteiger partial charge in [-0.3, -0.25) is 0 Å². The van der Waals surface area contributed by atoms with Crippen LogP contribution in [0.4, 0.5) is 0 Å². The largest absolute Gasteiger partial charge is 0.328 e. The van der Waals surface area contributed by atoms with Crippen molar-refractivity contribution in [3.8, 4) is 0 Å². The van der Waals surface area contributed by atoms with Gasteiger partial charge in [-0.2, -0.15) is 0 Å². The van der Waals surface area contributed by atoms with Crippen molar-refractivity contribution in [2.75, 3.05) is 26.2 Å². The van der Waals surface area contributed by atoms with Gasteiger partial charge < -0.3 is 10.2 Å². The third-order valence-electron chi connectivity index (χ3n) is 4.55. The Labute approximate surface area is 95.4 Å². The first kappa shape index (κ1) is 13.0. The molecule has 0 spiro atoms. The lowest BCUT2D eigenvalue weighted by atomic mass is 9.85. The van der Waals surface area contributed by atoms with Crippen LogP contribution in [0.3, 0.4) is 0 Å². The quantitative estimate of drug-likeness (QED) is 0.697. The molecule has 0 saturated heterocycles. The molecule has 0 aromatic carbocycles. The van der Waals surface area contributed by atoms with E-state index in [1.165, 1.54) is 56.3 Å². The molecule has 0 aromatic rings. The maximum absolute atomic E-state index is 5.95. The summed E-state index contributed by atoms with van der Waals surface area (Å²) in [6, 6.07) is 0.494. The molecule has 90 valence electrons. The van der Waals surface area contributed by atoms with Gasteiger partial charge in [0.2, 0.25) is 0 Å². The van der Waals surface area contributed by atoms with E-state index in [2.05, 4.69) is 20.8 Å². The van der Waals surface area contributed by atoms with Gasteiger partial charge in [-0.15, -0.1) is 0 Å². The fourth-order valence-corrected chi connectivity index (χ4v) is 2.98. The van der Waals surface area contributed by atoms with Crippen molar-refractivity contribution in [1.82, 2.24) is 0 Å². The molecule has 1 saturated carbocycles. The van der Waals surface area contributed by atoms with E-state index in [1.54, 1.807) is 0 Å². The average Bonchev–Trinajstić information content (AvgIpc) is 2.29. The highest BCUT2D eigenvalue weighted by atomic mass is 15.3. The predicted octanol–water partition coefficient (Wildman–Crippen LogP) is 2.38. The van der Waals surface area contributed by atoms with Crippen molar-refractivity contribution >= 4 is 0 Å². The van der Waals surface area contributed by atoms with Gasteiger partial charge in [0.25, 0.3) is 0 Å². The second-order valence-corrected chi connectivity index (χ2v) is 5.25. The summed E-state index contributed by atoms with van der Waals surface area (Å²) in [7, 11) is 0. The molecule has 1 aliphatic rings. The Balaban J connectivity index is 2.44. The normalized spacial score (nSPS) is 28.0. The minimum atomic E-state index is 0.494. The number of rotatable bonds is 5. The molecular weight excluding hydrogens is 184 g/mol. The zero-order valence-corrected chi connectivity index (χ0v) is 10.8. The van der Waals surface area contributed by atoms with Crippen LogP contribution in [0.2, 0.25) is 0 Å². The Morgan fingerprint density at radius 2 is 1.40 bits per heavy atom. The zero-order valence-electron chi connectivity index (χ0n) is 10.8. The van der Waals surface area contributed by atoms with Crippen LogP contribution in [0.1, 0.15) is 46.5 Å². The third-order valence-corrected chi connectivity index (χ3v) is 4.55. The smallest absolute Gasteiger partial charge is 0.0814 e. The maximum Gasteiger partial charge on any atom is 0.0814 e. The fraction of sp³-hybridized carbons (Fsp3) is 1.00. The fourth-order valence-electron chi connectivity index (χ4n) is 2.98. The molecule has 0 atom stereocenters. The molecule has 0 aromatic heterocycles. The number of nitrogens with zero attached hydrogens (tertiary/aromatic N) is 1. The summed E-state index contributed by atoms with van der Waals surface area (Å²) in [5.41, 5.74) is 5.95. The Bertz CT molecular complexity index is 159. The third kappa shape index (κ3) is 3.46. The van der Waals surface area contributed by atoms with Gasteiger partial charge in [0.1, 0.15) is 0 Å². The summed E-state index contributed by atoms with van der Waals surface area (Å²) in [6.45, 7) is 12.3. The highest BCUT2D eigenvalue weighted by Crippen LogP contribution is 2.26. The van der Waals surface area contributed by atoms with Gasteiger partial charge >= 0.3 is 0 Å². The minimum absolute atomic E-state index is 0.494. The summed E-state index contributed by atoms with van der Waals surface area (Å²) in [4.78, 5) is 0. The van der Waals surface area contributed by atoms with Gasteiger partial charge in [-0.05, 0) is 46.5 Å². The summed E-state index contributed by atoms with van der Waals surface area (Å²) < 4.78 is 1.31. The second kappa shape index (κ2) is 5.86. The average molecular weight is 213 g/mol. The van der Waals surface area contributed by atoms with E-state index in [0.717, 1.165) is 5.92 Å². The standard InChI is InChI=1S/C13H29N2/c1-4-15(5-2,6-3)11-12-7-9-13(14)10-8-12/h12-13H,4-11,14H2,1-3H3/q+1. The Kier molecular flexibility index (Phi) is 5.07. The van der Waals surface area contributed by atoms with Crippen molar-refractivity contribution in [2.45, 2.75) is 52.5 Å². The molecule has 0 aliphatic heterocycles. The minimum Gasteiger partial charge on any atom is -0.328 e. The molecule has 2 nitrogen and oxygen atoms in total. The molecule has 1 fully saturated rings. The van der Waals surface area contributed by atoms with E-state index >= 15 is 0 Å². The van der Waals surface area contributed by atoms with Gasteiger partial charge in [0.15, 0.2) is 0 Å². The SMILES string of the molecule is CC[N+](CC)(CC)CC1CCC(N)CC1. The van der Waals surface area contributed by atoms with Crippen LogP contribution < -0.4 is 5.73 Å². The monoisotopic (exact) mass is 213 g/mol. The molecule has 0 amide bonds. The molecule has 0 radical (unpaired) electrons. The predicted molar refractivity (Wildman–Crippen MR) is 66.7 cm³/mol. The molecule has 15 heavy (non-hydrogen) atoms. The van der Waals surface area contributed by atoms with Crippen LogP contribution in [0, 0.1) is 5.92 Å². The molecular formula is C13H29N2+. The zero-order chi connectivity index (χ0) is 11.3. The van der Waals surface area contributed by atoms with Crippen LogP contribution in [-0.2, 0) is 0 Å². The Morgan fingerprint density at radius 1 is 0.933 bits per heavy atom. The van der Waals surface area contributed by atoms with Crippen LogP contribution >= 0.6 is 0 Å². The lowest BCUT2D eigenvalue weighted by Crippen LogP contribution is -2.51. The molecule has 0 heterocycles. The molecule has 0 unspecified atom stereocenters. The number of quaternary nitrogens is 1. The Hall–Kier alpha value is -0.0800. The molecule has 2 N–H and O–H groups in total. The summed E-state index contributed by atoms with van der Waals surface area (Å²) in [6.07, 6.45) is 5.23. The number of hydrogen-bond acceptors (Lipinski definition) is 1. The first-order chi connectivity index (χ1) is 7.15. The van der Waals surface area contributed by atoms with Crippen molar-refractivity contribution in [1.29, 1.82) is 0 Å². The van der Waals surface area contributed by atoms with Gasteiger partial charge in [-0.1, -0.05) is 0 Å². The van der Waals surface area contributed by atoms with Crippen LogP contribution in [0.5, 0.6) is 0 Å². The van der Waals surface area contributed by atoms with E-state index in [-0.39, 0.29) is 0 Å². The van der Waals surface area contributed by atoms with Crippen LogP contribution in [-0.4, -0.2) is 36.7 Å². The topological polar surface area (TPSA) is 26.0 Å². The first-order valence-corrected chi connectivity index (χ1v) is 6.76. The van der Waals surface area contributed by atoms with Crippen molar-refractivity contribution in [2.24, 2.45) is 11.7 Å². The van der Waals surface area contributed by atoms with Crippen molar-refractivity contribution in [3.05, 3.63) is 0 Å². The van der Waals surface area contributed by atoms with Crippen LogP contribution in [0.25, 0.3) is 0 Å². The highest BCUT2D eigenvalue weighted by Gasteiger charge is 2.28. The van der Waals surface area contributed by atoms with E-state index in [0.29, 0.717) is 6.04 Å². The summed E-state index contributed by atoms with van der Waals surface area (Å²) in [5, 5.41) is 0. The van der Waals surface area contributed by atoms with Gasteiger partial charge in [0, 0.05) is 12.0 Å². The van der Waals surface area contributed by atoms with E-state index in [1.807, 2.05) is 0 Å². The van der Waals surface area contributed by atoms with Gasteiger partial charge in [0.05, 0.1) is 26.2 Å². The van der Waals surface area contributed by atoms with Crippen LogP contribution in [0.15, 0.2) is 0 Å². The van der Waals surface area contributed by atoms with E-state index in [4.69, 9.17) is 5.73 Å². The first-order valence-electron chi connectivity index (χ1n) is 6.76. The lowest BCUT2D eigenvalue weighted by molar-refractivity contribution is -0.926. The Morgan fingerprint density at radius 3 is 1.80 bits per heavy atom. The summed E-state index contributed by atoms with van der Waals surface area (Å²) in [5.74, 6) is 0.935. The van der Waals surface area contributed by atoms with Crippen molar-refractivity contribution < 1.29 is 4.48 Å². The molecule has 1 aliphatic carbocycles. The number of hydrogen-bond donors (Lipinski definition) is 1. The maximum atomic E-state index is 5.95. The molecule has 1 rings (SSSR count). The van der Waals surface area contributed by atoms with Crippen molar-refractivity contribution in [3.63, 3.8) is 0 Å². The lowest BCUT2D eigenvalue weighted by Gasteiger charge is -2.40. The summed E-state index contributed by atoms with van der Waals surface area (Å²) >= 11 is 0. The number of nitrogens with two attached hydrogens (primary N) is 1. The van der Waals surface area contributed by atoms with Gasteiger partial charge in [-0.25, -0.2) is 0 Å². The van der Waals surface area contributed by atoms with E-state index < -0.39 is 0 Å². The second-order valence-electron chi connectivity index (χ2n) is 5.25.